The number of hydrogen-bond acceptors (Lipinski definition) is 16. The number of rotatable bonds is 10. The van der Waals surface area contributed by atoms with Gasteiger partial charge in [0.2, 0.25) is 5.91 Å². The van der Waals surface area contributed by atoms with E-state index in [-0.39, 0.29) is 0 Å². The zero-order valence-corrected chi connectivity index (χ0v) is 23.3. The van der Waals surface area contributed by atoms with Crippen molar-refractivity contribution in [3.63, 3.8) is 0 Å². The van der Waals surface area contributed by atoms with Crippen LogP contribution in [0.5, 0.6) is 0 Å². The lowest BCUT2D eigenvalue weighted by Crippen LogP contribution is -2.68. The average Bonchev–Trinajstić information content (AvgIpc) is 2.83. The molecule has 0 aromatic rings. The highest BCUT2D eigenvalue weighted by molar-refractivity contribution is 5.73. The molecule has 2 rings (SSSR count). The van der Waals surface area contributed by atoms with Crippen LogP contribution in [0.1, 0.15) is 41.5 Å². The lowest BCUT2D eigenvalue weighted by Gasteiger charge is -2.48. The summed E-state index contributed by atoms with van der Waals surface area (Å²) in [7, 11) is 0. The lowest BCUT2D eigenvalue weighted by atomic mass is 9.95. The second-order valence-electron chi connectivity index (χ2n) is 9.25. The fraction of sp³-hybridized carbons (Fsp3) is 0.750. The minimum Gasteiger partial charge on any atom is -0.463 e. The van der Waals surface area contributed by atoms with Crippen LogP contribution in [0.4, 0.5) is 0 Å². The predicted molar refractivity (Wildman–Crippen MR) is 128 cm³/mol. The number of nitrogens with one attached hydrogen (secondary N) is 1. The summed E-state index contributed by atoms with van der Waals surface area (Å²) in [5, 5.41) is 24.1. The fourth-order valence-electron chi connectivity index (χ4n) is 4.27. The van der Waals surface area contributed by atoms with Crippen LogP contribution in [-0.2, 0) is 66.7 Å². The Morgan fingerprint density at radius 3 is 1.61 bits per heavy atom. The first-order valence-electron chi connectivity index (χ1n) is 12.5. The zero-order chi connectivity index (χ0) is 31.0. The standard InChI is InChI=1S/C24H35NO16/c1-9(26)25-17-20(18(32)15(39-23(17)33)7-34-10(2)27)41-24-22(38-14(6)31)21(37-13(5)30)19(36-12(4)29)16(40-24)8-35-11(3)28/h15-24,32-33H,7-8H2,1-6H3,(H,25,26)/t15-,16-,17-,18-,19+,20-,21+,22-,23-,24+/m1/s1. The third-order valence-corrected chi connectivity index (χ3v) is 5.75. The molecule has 232 valence electrons. The maximum Gasteiger partial charge on any atom is 0.303 e. The Hall–Kier alpha value is -3.38. The molecule has 0 radical (unpaired) electrons. The van der Waals surface area contributed by atoms with E-state index < -0.39 is 110 Å². The quantitative estimate of drug-likeness (QED) is 0.177. The SMILES string of the molecule is CC(=O)N[C@@H]1[C@@H](O[C@@H]2O[C@H](COC(C)=O)[C@H](OC(C)=O)[C@H](OC(C)=O)[C@H]2OC(C)=O)[C@H](O)[C@@H](COC(C)=O)O[C@H]1O. The van der Waals surface area contributed by atoms with Crippen molar-refractivity contribution >= 4 is 35.8 Å². The first-order valence-corrected chi connectivity index (χ1v) is 12.5. The van der Waals surface area contributed by atoms with Crippen molar-refractivity contribution in [2.45, 2.75) is 103 Å². The van der Waals surface area contributed by atoms with Crippen LogP contribution in [-0.4, -0.2) is 121 Å². The molecule has 0 aromatic heterocycles. The molecule has 10 atom stereocenters. The number of esters is 5. The summed E-state index contributed by atoms with van der Waals surface area (Å²) in [6.07, 6.45) is -14.2. The molecule has 17 heteroatoms. The summed E-state index contributed by atoms with van der Waals surface area (Å²) in [5.74, 6) is -4.72. The van der Waals surface area contributed by atoms with Gasteiger partial charge in [-0.3, -0.25) is 28.8 Å². The Balaban J connectivity index is 2.55. The molecule has 0 saturated carbocycles. The van der Waals surface area contributed by atoms with Crippen LogP contribution in [0.15, 0.2) is 0 Å². The van der Waals surface area contributed by atoms with Crippen LogP contribution in [0, 0.1) is 0 Å². The first kappa shape index (κ1) is 33.8. The van der Waals surface area contributed by atoms with Gasteiger partial charge in [-0.1, -0.05) is 0 Å². The van der Waals surface area contributed by atoms with Crippen molar-refractivity contribution in [1.29, 1.82) is 0 Å². The van der Waals surface area contributed by atoms with Crippen LogP contribution >= 0.6 is 0 Å². The van der Waals surface area contributed by atoms with Crippen molar-refractivity contribution in [2.24, 2.45) is 0 Å². The number of ether oxygens (including phenoxy) is 8. The summed E-state index contributed by atoms with van der Waals surface area (Å²) in [5.41, 5.74) is 0. The lowest BCUT2D eigenvalue weighted by molar-refractivity contribution is -0.343. The zero-order valence-electron chi connectivity index (χ0n) is 23.3. The molecule has 0 aromatic carbocycles. The van der Waals surface area contributed by atoms with Crippen LogP contribution in [0.3, 0.4) is 0 Å². The number of amides is 1. The summed E-state index contributed by atoms with van der Waals surface area (Å²) < 4.78 is 43.0. The second-order valence-corrected chi connectivity index (χ2v) is 9.25. The van der Waals surface area contributed by atoms with Crippen molar-refractivity contribution in [3.8, 4) is 0 Å². The molecule has 2 fully saturated rings. The van der Waals surface area contributed by atoms with E-state index in [1.165, 1.54) is 0 Å². The molecule has 2 saturated heterocycles. The molecule has 0 unspecified atom stereocenters. The molecule has 0 spiro atoms. The molecule has 2 heterocycles. The van der Waals surface area contributed by atoms with E-state index in [0.29, 0.717) is 0 Å². The largest absolute Gasteiger partial charge is 0.463 e. The third kappa shape index (κ3) is 9.89. The van der Waals surface area contributed by atoms with Crippen LogP contribution in [0.25, 0.3) is 0 Å². The maximum absolute atomic E-state index is 12.1. The van der Waals surface area contributed by atoms with Gasteiger partial charge in [-0.05, 0) is 0 Å². The van der Waals surface area contributed by atoms with Gasteiger partial charge in [0.15, 0.2) is 30.9 Å². The summed E-state index contributed by atoms with van der Waals surface area (Å²) in [6.45, 7) is 5.39. The number of carbonyl (C=O) groups excluding carboxylic acids is 6. The normalized spacial score (nSPS) is 33.1. The monoisotopic (exact) mass is 593 g/mol. The molecule has 17 nitrogen and oxygen atoms in total. The van der Waals surface area contributed by atoms with Gasteiger partial charge in [-0.15, -0.1) is 0 Å². The van der Waals surface area contributed by atoms with Gasteiger partial charge >= 0.3 is 29.8 Å². The van der Waals surface area contributed by atoms with E-state index in [0.717, 1.165) is 41.5 Å². The van der Waals surface area contributed by atoms with Crippen molar-refractivity contribution in [3.05, 3.63) is 0 Å². The number of carbonyl (C=O) groups is 6. The van der Waals surface area contributed by atoms with Gasteiger partial charge in [0.1, 0.15) is 43.7 Å². The first-order chi connectivity index (χ1) is 19.1. The highest BCUT2D eigenvalue weighted by atomic mass is 16.7. The molecule has 0 aliphatic carbocycles. The molecule has 3 N–H and O–H groups in total. The minimum absolute atomic E-state index is 0.515. The topological polar surface area (TPSA) is 229 Å². The summed E-state index contributed by atoms with van der Waals surface area (Å²) >= 11 is 0. The molecule has 2 aliphatic heterocycles. The van der Waals surface area contributed by atoms with E-state index >= 15 is 0 Å². The number of aliphatic hydroxyl groups is 2. The Bertz CT molecular complexity index is 987. The van der Waals surface area contributed by atoms with Crippen molar-refractivity contribution < 1.29 is 76.9 Å². The van der Waals surface area contributed by atoms with Crippen molar-refractivity contribution in [1.82, 2.24) is 5.32 Å². The maximum atomic E-state index is 12.1. The summed E-state index contributed by atoms with van der Waals surface area (Å²) in [6, 6.07) is -1.44. The Morgan fingerprint density at radius 1 is 0.634 bits per heavy atom. The van der Waals surface area contributed by atoms with Crippen molar-refractivity contribution in [2.75, 3.05) is 13.2 Å². The van der Waals surface area contributed by atoms with Gasteiger partial charge in [0, 0.05) is 41.5 Å². The van der Waals surface area contributed by atoms with Gasteiger partial charge in [0.05, 0.1) is 0 Å². The van der Waals surface area contributed by atoms with E-state index in [1.807, 2.05) is 0 Å². The van der Waals surface area contributed by atoms with E-state index in [1.54, 1.807) is 0 Å². The molecule has 1 amide bonds. The van der Waals surface area contributed by atoms with E-state index in [4.69, 9.17) is 37.9 Å². The van der Waals surface area contributed by atoms with E-state index in [9.17, 15) is 39.0 Å². The van der Waals surface area contributed by atoms with E-state index in [2.05, 4.69) is 5.32 Å². The minimum atomic E-state index is -1.79. The molecular formula is C24H35NO16. The van der Waals surface area contributed by atoms with Crippen LogP contribution < -0.4 is 5.32 Å². The molecule has 0 bridgehead atoms. The average molecular weight is 594 g/mol. The molecule has 2 aliphatic rings. The highest BCUT2D eigenvalue weighted by Gasteiger charge is 2.55. The Labute approximate surface area is 234 Å². The molecule has 41 heavy (non-hydrogen) atoms. The van der Waals surface area contributed by atoms with Gasteiger partial charge in [-0.25, -0.2) is 0 Å². The highest BCUT2D eigenvalue weighted by Crippen LogP contribution is 2.33. The second kappa shape index (κ2) is 15.0. The van der Waals surface area contributed by atoms with Crippen LogP contribution in [0.2, 0.25) is 0 Å². The Morgan fingerprint density at radius 2 is 1.12 bits per heavy atom. The third-order valence-electron chi connectivity index (χ3n) is 5.75. The predicted octanol–water partition coefficient (Wildman–Crippen LogP) is -2.40. The molecular weight excluding hydrogens is 558 g/mol. The van der Waals surface area contributed by atoms with Gasteiger partial charge in [-0.2, -0.15) is 0 Å². The number of hydrogen-bond donors (Lipinski definition) is 3. The smallest absolute Gasteiger partial charge is 0.303 e. The van der Waals surface area contributed by atoms with Gasteiger partial charge < -0.3 is 53.4 Å². The Kier molecular flexibility index (Phi) is 12.4. The fourth-order valence-corrected chi connectivity index (χ4v) is 4.27. The summed E-state index contributed by atoms with van der Waals surface area (Å²) in [4.78, 5) is 70.7. The number of aliphatic hydroxyl groups excluding tert-OH is 2. The van der Waals surface area contributed by atoms with Gasteiger partial charge in [0.25, 0.3) is 0 Å².